The normalized spacial score (nSPS) is 20.8. The van der Waals surface area contributed by atoms with Crippen LogP contribution in [0.5, 0.6) is 0 Å². The largest absolute Gasteiger partial charge is 0.372 e. The molecule has 3 heterocycles. The summed E-state index contributed by atoms with van der Waals surface area (Å²) >= 11 is 0. The van der Waals surface area contributed by atoms with Crippen LogP contribution in [0.2, 0.25) is 0 Å². The van der Waals surface area contributed by atoms with Gasteiger partial charge in [0.1, 0.15) is 0 Å². The predicted octanol–water partition coefficient (Wildman–Crippen LogP) is 7.50. The number of methoxy groups -OCH3 is 2. The molecule has 1 unspecified atom stereocenters. The van der Waals surface area contributed by atoms with Crippen molar-refractivity contribution < 1.29 is 18.6 Å². The molecule has 2 aromatic carbocycles. The second kappa shape index (κ2) is 12.2. The van der Waals surface area contributed by atoms with Crippen molar-refractivity contribution in [2.45, 2.75) is 77.7 Å². The molecular formula is C34H44FN3O3. The zero-order chi connectivity index (χ0) is 28.5. The number of allylic oxidation sites excluding steroid dienone is 1. The van der Waals surface area contributed by atoms with E-state index in [-0.39, 0.29) is 18.5 Å². The summed E-state index contributed by atoms with van der Waals surface area (Å²) in [5, 5.41) is 5.05. The van der Waals surface area contributed by atoms with Crippen LogP contribution in [-0.4, -0.2) is 50.0 Å². The van der Waals surface area contributed by atoms with E-state index in [1.165, 1.54) is 22.4 Å². The van der Waals surface area contributed by atoms with Crippen molar-refractivity contribution in [3.8, 4) is 0 Å². The maximum absolute atomic E-state index is 15.6. The predicted molar refractivity (Wildman–Crippen MR) is 162 cm³/mol. The first kappa shape index (κ1) is 28.4. The maximum atomic E-state index is 15.6. The highest BCUT2D eigenvalue weighted by Gasteiger charge is 2.29. The van der Waals surface area contributed by atoms with Crippen LogP contribution in [0, 0.1) is 17.8 Å². The third kappa shape index (κ3) is 5.44. The van der Waals surface area contributed by atoms with Gasteiger partial charge in [0, 0.05) is 45.5 Å². The van der Waals surface area contributed by atoms with Crippen LogP contribution in [0.1, 0.15) is 81.7 Å². The lowest BCUT2D eigenvalue weighted by molar-refractivity contribution is -0.141. The van der Waals surface area contributed by atoms with E-state index in [0.717, 1.165) is 81.1 Å². The number of nitrogens with zero attached hydrogens (tertiary/aromatic N) is 3. The van der Waals surface area contributed by atoms with Gasteiger partial charge in [-0.2, -0.15) is 4.39 Å². The summed E-state index contributed by atoms with van der Waals surface area (Å²) in [5.41, 5.74) is 8.26. The van der Waals surface area contributed by atoms with E-state index in [0.29, 0.717) is 23.8 Å². The first-order valence-corrected chi connectivity index (χ1v) is 15.5. The Hall–Kier alpha value is -2.74. The van der Waals surface area contributed by atoms with E-state index < -0.39 is 0 Å². The van der Waals surface area contributed by atoms with E-state index in [4.69, 9.17) is 14.2 Å². The molecule has 7 heteroatoms. The van der Waals surface area contributed by atoms with Gasteiger partial charge in [-0.25, -0.2) is 4.68 Å². The van der Waals surface area contributed by atoms with E-state index in [2.05, 4.69) is 60.2 Å². The molecule has 1 aliphatic carbocycles. The fourth-order valence-corrected chi connectivity index (χ4v) is 7.31. The van der Waals surface area contributed by atoms with Gasteiger partial charge >= 0.3 is 0 Å². The Morgan fingerprint density at radius 3 is 2.34 bits per heavy atom. The number of anilines is 1. The highest BCUT2D eigenvalue weighted by atomic mass is 19.1. The number of aryl methyl sites for hydroxylation is 1. The minimum Gasteiger partial charge on any atom is -0.372 e. The van der Waals surface area contributed by atoms with Crippen molar-refractivity contribution in [3.63, 3.8) is 0 Å². The van der Waals surface area contributed by atoms with Crippen LogP contribution in [0.25, 0.3) is 16.5 Å². The lowest BCUT2D eigenvalue weighted by atomic mass is 9.85. The molecule has 2 saturated heterocycles. The molecular weight excluding hydrogens is 517 g/mol. The quantitative estimate of drug-likeness (QED) is 0.280. The summed E-state index contributed by atoms with van der Waals surface area (Å²) in [6.07, 6.45) is 7.65. The van der Waals surface area contributed by atoms with E-state index >= 15 is 4.39 Å². The molecule has 0 saturated carbocycles. The Kier molecular flexibility index (Phi) is 8.47. The van der Waals surface area contributed by atoms with Gasteiger partial charge in [-0.1, -0.05) is 37.6 Å². The van der Waals surface area contributed by atoms with Gasteiger partial charge in [0.2, 0.25) is 5.95 Å². The summed E-state index contributed by atoms with van der Waals surface area (Å²) in [4.78, 5) is 2.46. The number of aromatic nitrogens is 2. The van der Waals surface area contributed by atoms with Crippen molar-refractivity contribution in [1.29, 1.82) is 0 Å². The third-order valence-electron chi connectivity index (χ3n) is 9.44. The summed E-state index contributed by atoms with van der Waals surface area (Å²) in [6.45, 7) is 7.25. The average Bonchev–Trinajstić information content (AvgIpc) is 3.22. The second-order valence-electron chi connectivity index (χ2n) is 12.2. The van der Waals surface area contributed by atoms with Gasteiger partial charge in [-0.3, -0.25) is 0 Å². The summed E-state index contributed by atoms with van der Waals surface area (Å²) in [6, 6.07) is 13.3. The highest BCUT2D eigenvalue weighted by Crippen LogP contribution is 2.42. The lowest BCUT2D eigenvalue weighted by Crippen LogP contribution is -2.39. The van der Waals surface area contributed by atoms with Gasteiger partial charge in [0.15, 0.2) is 12.5 Å². The molecule has 1 atom stereocenters. The zero-order valence-electron chi connectivity index (χ0n) is 25.0. The van der Waals surface area contributed by atoms with E-state index in [1.54, 1.807) is 18.9 Å². The Balaban J connectivity index is 1.34. The molecule has 3 aliphatic rings. The minimum absolute atomic E-state index is 0.130. The Bertz CT molecular complexity index is 1380. The monoisotopic (exact) mass is 561 g/mol. The zero-order valence-corrected chi connectivity index (χ0v) is 25.0. The minimum atomic E-state index is -0.374. The first-order valence-electron chi connectivity index (χ1n) is 15.5. The van der Waals surface area contributed by atoms with Crippen molar-refractivity contribution in [3.05, 3.63) is 64.6 Å². The number of halogens is 1. The number of piperidine rings is 1. The molecule has 2 fully saturated rings. The molecule has 3 aromatic rings. The van der Waals surface area contributed by atoms with Crippen LogP contribution < -0.4 is 4.90 Å². The van der Waals surface area contributed by atoms with Crippen molar-refractivity contribution in [1.82, 2.24) is 9.78 Å². The number of ether oxygens (including phenoxy) is 3. The van der Waals surface area contributed by atoms with E-state index in [9.17, 15) is 0 Å². The van der Waals surface area contributed by atoms with E-state index in [1.807, 2.05) is 0 Å². The van der Waals surface area contributed by atoms with Gasteiger partial charge in [0.05, 0.1) is 10.9 Å². The number of hydrogen-bond donors (Lipinski definition) is 0. The van der Waals surface area contributed by atoms with Crippen LogP contribution >= 0.6 is 0 Å². The van der Waals surface area contributed by atoms with Crippen LogP contribution in [-0.2, 0) is 20.6 Å². The molecule has 0 bridgehead atoms. The fourth-order valence-electron chi connectivity index (χ4n) is 7.31. The lowest BCUT2D eigenvalue weighted by Gasteiger charge is -2.36. The molecule has 2 aliphatic heterocycles. The summed E-state index contributed by atoms with van der Waals surface area (Å²) in [5.74, 6) is 0.456. The number of benzene rings is 2. The SMILES string of the molecule is COC(OC)C1CCN(c2ccc(C3=C(C(C)C)CCCc4c3ccc3c4c(F)nn3C3CCCCO3)cc2)CC1. The van der Waals surface area contributed by atoms with Crippen LogP contribution in [0.3, 0.4) is 0 Å². The van der Waals surface area contributed by atoms with Gasteiger partial charge < -0.3 is 19.1 Å². The summed E-state index contributed by atoms with van der Waals surface area (Å²) in [7, 11) is 3.45. The highest BCUT2D eigenvalue weighted by molar-refractivity contribution is 5.93. The number of hydrogen-bond acceptors (Lipinski definition) is 5. The molecule has 0 radical (unpaired) electrons. The van der Waals surface area contributed by atoms with Crippen molar-refractivity contribution in [2.75, 3.05) is 38.8 Å². The Morgan fingerprint density at radius 2 is 1.68 bits per heavy atom. The smallest absolute Gasteiger partial charge is 0.240 e. The van der Waals surface area contributed by atoms with Crippen LogP contribution in [0.15, 0.2) is 42.0 Å². The maximum Gasteiger partial charge on any atom is 0.240 e. The van der Waals surface area contributed by atoms with Gasteiger partial charge in [-0.15, -0.1) is 5.10 Å². The molecule has 41 heavy (non-hydrogen) atoms. The molecule has 0 amide bonds. The second-order valence-corrected chi connectivity index (χ2v) is 12.2. The molecule has 6 nitrogen and oxygen atoms in total. The standard InChI is InChI=1S/C34H44FN3O3/c1-22(2)26-8-7-9-27-28(15-16-29-32(27)33(35)36-38(29)30-10-5-6-21-41-30)31(26)23-11-13-25(14-12-23)37-19-17-24(18-20-37)34(39-3)40-4/h11-16,22,24,30,34H,5-10,17-21H2,1-4H3. The number of rotatable bonds is 7. The number of fused-ring (bicyclic) bond motifs is 3. The molecule has 0 N–H and O–H groups in total. The summed E-state index contributed by atoms with van der Waals surface area (Å²) < 4.78 is 34.4. The molecule has 0 spiro atoms. The molecule has 1 aromatic heterocycles. The van der Waals surface area contributed by atoms with Gasteiger partial charge in [0.25, 0.3) is 0 Å². The molecule has 6 rings (SSSR count). The van der Waals surface area contributed by atoms with Crippen LogP contribution in [0.4, 0.5) is 10.1 Å². The first-order chi connectivity index (χ1) is 20.0. The average molecular weight is 562 g/mol. The topological polar surface area (TPSA) is 48.8 Å². The Morgan fingerprint density at radius 1 is 0.927 bits per heavy atom. The third-order valence-corrected chi connectivity index (χ3v) is 9.44. The van der Waals surface area contributed by atoms with Crippen molar-refractivity contribution >= 4 is 22.2 Å². The molecule has 220 valence electrons. The Labute approximate surface area is 243 Å². The van der Waals surface area contributed by atoms with Crippen molar-refractivity contribution in [2.24, 2.45) is 11.8 Å². The van der Waals surface area contributed by atoms with Gasteiger partial charge in [-0.05, 0) is 97.7 Å². The fraction of sp³-hybridized carbons (Fsp3) is 0.559.